The minimum absolute atomic E-state index is 0.106. The van der Waals surface area contributed by atoms with Crippen LogP contribution in [-0.2, 0) is 6.54 Å². The molecule has 142 valence electrons. The highest BCUT2D eigenvalue weighted by Crippen LogP contribution is 2.35. The molecule has 2 heterocycles. The molecule has 0 bridgehead atoms. The van der Waals surface area contributed by atoms with Gasteiger partial charge in [-0.05, 0) is 54.4 Å². The van der Waals surface area contributed by atoms with Crippen LogP contribution < -0.4 is 10.1 Å². The van der Waals surface area contributed by atoms with Gasteiger partial charge < -0.3 is 15.0 Å². The van der Waals surface area contributed by atoms with Gasteiger partial charge in [0.1, 0.15) is 17.7 Å². The Hall–Kier alpha value is -3.41. The third kappa shape index (κ3) is 3.29. The maximum absolute atomic E-state index is 13.8. The van der Waals surface area contributed by atoms with Crippen LogP contribution in [0.3, 0.4) is 0 Å². The number of amides is 1. The molecular formula is C22H20FN3O2. The van der Waals surface area contributed by atoms with E-state index in [-0.39, 0.29) is 11.7 Å². The third-order valence-electron chi connectivity index (χ3n) is 4.90. The molecule has 1 aromatic heterocycles. The molecule has 28 heavy (non-hydrogen) atoms. The Labute approximate surface area is 162 Å². The number of pyridine rings is 1. The summed E-state index contributed by atoms with van der Waals surface area (Å²) in [7, 11) is 1.61. The fraction of sp³-hybridized carbons (Fsp3) is 0.182. The van der Waals surface area contributed by atoms with E-state index in [1.165, 1.54) is 12.1 Å². The summed E-state index contributed by atoms with van der Waals surface area (Å²) < 4.78 is 19.0. The Balaban J connectivity index is 1.68. The van der Waals surface area contributed by atoms with Gasteiger partial charge in [-0.3, -0.25) is 9.78 Å². The number of hydrogen-bond acceptors (Lipinski definition) is 4. The summed E-state index contributed by atoms with van der Waals surface area (Å²) >= 11 is 0. The van der Waals surface area contributed by atoms with Crippen molar-refractivity contribution in [3.05, 3.63) is 89.0 Å². The minimum Gasteiger partial charge on any atom is -0.497 e. The van der Waals surface area contributed by atoms with Crippen molar-refractivity contribution in [2.24, 2.45) is 0 Å². The Morgan fingerprint density at radius 2 is 1.96 bits per heavy atom. The number of benzene rings is 2. The molecule has 0 spiro atoms. The topological polar surface area (TPSA) is 54.5 Å². The van der Waals surface area contributed by atoms with Crippen LogP contribution in [0, 0.1) is 12.7 Å². The van der Waals surface area contributed by atoms with Crippen molar-refractivity contribution in [1.82, 2.24) is 9.88 Å². The van der Waals surface area contributed by atoms with Crippen molar-refractivity contribution in [2.75, 3.05) is 12.4 Å². The Kier molecular flexibility index (Phi) is 4.69. The fourth-order valence-corrected chi connectivity index (χ4v) is 3.37. The number of fused-ring (bicyclic) bond motifs is 1. The van der Waals surface area contributed by atoms with Gasteiger partial charge in [-0.2, -0.15) is 0 Å². The van der Waals surface area contributed by atoms with Crippen LogP contribution in [0.1, 0.15) is 33.3 Å². The van der Waals surface area contributed by atoms with E-state index in [4.69, 9.17) is 4.74 Å². The van der Waals surface area contributed by atoms with Crippen molar-refractivity contribution in [1.29, 1.82) is 0 Å². The molecule has 1 aliphatic heterocycles. The van der Waals surface area contributed by atoms with E-state index >= 15 is 0 Å². The first kappa shape index (κ1) is 18.0. The van der Waals surface area contributed by atoms with Gasteiger partial charge in [0.25, 0.3) is 5.91 Å². The number of carbonyl (C=O) groups is 1. The molecule has 1 aliphatic rings. The number of nitrogens with one attached hydrogen (secondary N) is 1. The average Bonchev–Trinajstić information content (AvgIpc) is 2.97. The lowest BCUT2D eigenvalue weighted by atomic mass is 10.1. The largest absolute Gasteiger partial charge is 0.497 e. The van der Waals surface area contributed by atoms with Crippen molar-refractivity contribution in [2.45, 2.75) is 19.6 Å². The van der Waals surface area contributed by atoms with Crippen LogP contribution in [0.2, 0.25) is 0 Å². The summed E-state index contributed by atoms with van der Waals surface area (Å²) in [6, 6.07) is 15.7. The summed E-state index contributed by atoms with van der Waals surface area (Å²) in [5.41, 5.74) is 3.69. The SMILES string of the molecule is COc1ccc(CN2C(=O)c3cccnc3[C@H]2Nc2cc(F)ccc2C)cc1. The van der Waals surface area contributed by atoms with Gasteiger partial charge in [-0.25, -0.2) is 4.39 Å². The molecular weight excluding hydrogens is 357 g/mol. The standard InChI is InChI=1S/C22H20FN3O2/c1-14-5-8-16(23)12-19(14)25-21-20-18(4-3-11-24-20)22(27)26(21)13-15-6-9-17(28-2)10-7-15/h3-12,21,25H,13H2,1-2H3/t21-/m0/s1. The third-order valence-corrected chi connectivity index (χ3v) is 4.90. The Morgan fingerprint density at radius 3 is 2.71 bits per heavy atom. The highest BCUT2D eigenvalue weighted by molar-refractivity contribution is 5.98. The van der Waals surface area contributed by atoms with Crippen LogP contribution in [0.25, 0.3) is 0 Å². The second-order valence-electron chi connectivity index (χ2n) is 6.72. The normalized spacial score (nSPS) is 15.5. The zero-order valence-electron chi connectivity index (χ0n) is 15.6. The van der Waals surface area contributed by atoms with Crippen LogP contribution in [0.4, 0.5) is 10.1 Å². The number of nitrogens with zero attached hydrogens (tertiary/aromatic N) is 2. The number of halogens is 1. The number of hydrogen-bond donors (Lipinski definition) is 1. The van der Waals surface area contributed by atoms with Crippen molar-refractivity contribution in [3.63, 3.8) is 0 Å². The molecule has 5 nitrogen and oxygen atoms in total. The predicted molar refractivity (Wildman–Crippen MR) is 105 cm³/mol. The Bertz CT molecular complexity index is 1020. The van der Waals surface area contributed by atoms with E-state index in [9.17, 15) is 9.18 Å². The van der Waals surface area contributed by atoms with E-state index in [1.807, 2.05) is 31.2 Å². The molecule has 4 rings (SSSR count). The monoisotopic (exact) mass is 377 g/mol. The number of aryl methyl sites for hydroxylation is 1. The zero-order chi connectivity index (χ0) is 19.7. The van der Waals surface area contributed by atoms with Gasteiger partial charge in [0.05, 0.1) is 18.4 Å². The maximum Gasteiger partial charge on any atom is 0.258 e. The molecule has 1 amide bonds. The Morgan fingerprint density at radius 1 is 1.18 bits per heavy atom. The molecule has 3 aromatic rings. The highest BCUT2D eigenvalue weighted by atomic mass is 19.1. The van der Waals surface area contributed by atoms with E-state index in [2.05, 4.69) is 10.3 Å². The minimum atomic E-state index is -0.480. The van der Waals surface area contributed by atoms with Crippen LogP contribution >= 0.6 is 0 Å². The second kappa shape index (κ2) is 7.31. The van der Waals surface area contributed by atoms with Gasteiger partial charge in [-0.1, -0.05) is 18.2 Å². The lowest BCUT2D eigenvalue weighted by Crippen LogP contribution is -2.32. The van der Waals surface area contributed by atoms with Crippen molar-refractivity contribution >= 4 is 11.6 Å². The first-order chi connectivity index (χ1) is 13.6. The highest BCUT2D eigenvalue weighted by Gasteiger charge is 2.38. The van der Waals surface area contributed by atoms with Crippen molar-refractivity contribution < 1.29 is 13.9 Å². The molecule has 2 aromatic carbocycles. The summed E-state index contributed by atoms with van der Waals surface area (Å²) in [6.45, 7) is 2.29. The first-order valence-corrected chi connectivity index (χ1v) is 8.98. The molecule has 0 saturated heterocycles. The average molecular weight is 377 g/mol. The second-order valence-corrected chi connectivity index (χ2v) is 6.72. The van der Waals surface area contributed by atoms with E-state index in [0.29, 0.717) is 23.5 Å². The molecule has 6 heteroatoms. The number of rotatable bonds is 5. The smallest absolute Gasteiger partial charge is 0.258 e. The molecule has 0 unspecified atom stereocenters. The van der Waals surface area contributed by atoms with E-state index in [1.54, 1.807) is 36.4 Å². The van der Waals surface area contributed by atoms with Crippen LogP contribution in [-0.4, -0.2) is 22.9 Å². The van der Waals surface area contributed by atoms with E-state index in [0.717, 1.165) is 16.9 Å². The molecule has 0 fully saturated rings. The number of anilines is 1. The summed E-state index contributed by atoms with van der Waals surface area (Å²) in [4.78, 5) is 19.2. The quantitative estimate of drug-likeness (QED) is 0.720. The van der Waals surface area contributed by atoms with Crippen LogP contribution in [0.15, 0.2) is 60.8 Å². The summed E-state index contributed by atoms with van der Waals surface area (Å²) in [5.74, 6) is 0.317. The van der Waals surface area contributed by atoms with Crippen molar-refractivity contribution in [3.8, 4) is 5.75 Å². The number of carbonyl (C=O) groups excluding carboxylic acids is 1. The van der Waals surface area contributed by atoms with Crippen LogP contribution in [0.5, 0.6) is 5.75 Å². The predicted octanol–water partition coefficient (Wildman–Crippen LogP) is 4.30. The summed E-state index contributed by atoms with van der Waals surface area (Å²) in [6.07, 6.45) is 1.18. The first-order valence-electron chi connectivity index (χ1n) is 8.98. The number of methoxy groups -OCH3 is 1. The molecule has 1 N–H and O–H groups in total. The lowest BCUT2D eigenvalue weighted by molar-refractivity contribution is 0.0727. The van der Waals surface area contributed by atoms with Gasteiger partial charge in [0, 0.05) is 18.4 Å². The van der Waals surface area contributed by atoms with E-state index < -0.39 is 6.17 Å². The molecule has 0 saturated carbocycles. The fourth-order valence-electron chi connectivity index (χ4n) is 3.37. The summed E-state index contributed by atoms with van der Waals surface area (Å²) in [5, 5.41) is 3.31. The lowest BCUT2D eigenvalue weighted by Gasteiger charge is -2.27. The zero-order valence-corrected chi connectivity index (χ0v) is 15.6. The van der Waals surface area contributed by atoms with Gasteiger partial charge in [-0.15, -0.1) is 0 Å². The van der Waals surface area contributed by atoms with Gasteiger partial charge >= 0.3 is 0 Å². The molecule has 1 atom stereocenters. The molecule has 0 radical (unpaired) electrons. The van der Waals surface area contributed by atoms with Gasteiger partial charge in [0.15, 0.2) is 0 Å². The maximum atomic E-state index is 13.8. The number of ether oxygens (including phenoxy) is 1. The molecule has 0 aliphatic carbocycles. The van der Waals surface area contributed by atoms with Gasteiger partial charge in [0.2, 0.25) is 0 Å². The number of aromatic nitrogens is 1.